The lowest BCUT2D eigenvalue weighted by Gasteiger charge is -2.12. The summed E-state index contributed by atoms with van der Waals surface area (Å²) in [6.45, 7) is 2.92. The van der Waals surface area contributed by atoms with Gasteiger partial charge in [0, 0.05) is 5.56 Å². The van der Waals surface area contributed by atoms with Crippen LogP contribution in [0.1, 0.15) is 25.0 Å². The summed E-state index contributed by atoms with van der Waals surface area (Å²) in [6.07, 6.45) is -4.65. The summed E-state index contributed by atoms with van der Waals surface area (Å²) in [6, 6.07) is 2.06. The number of benzene rings is 1. The minimum absolute atomic E-state index is 0.262. The van der Waals surface area contributed by atoms with Crippen molar-refractivity contribution in [1.82, 2.24) is 5.32 Å². The molecule has 0 saturated heterocycles. The molecule has 0 radical (unpaired) electrons. The number of alkyl halides is 3. The van der Waals surface area contributed by atoms with Gasteiger partial charge in [0.15, 0.2) is 0 Å². The molecule has 0 atom stereocenters. The molecule has 1 aromatic carbocycles. The van der Waals surface area contributed by atoms with Crippen molar-refractivity contribution in [2.45, 2.75) is 25.6 Å². The zero-order valence-corrected chi connectivity index (χ0v) is 10.1. The highest BCUT2D eigenvalue weighted by Crippen LogP contribution is 2.33. The number of nitrogens with one attached hydrogen (secondary N) is 1. The molecule has 7 heteroatoms. The molecule has 19 heavy (non-hydrogen) atoms. The minimum Gasteiger partial charge on any atom is -0.308 e. The normalized spacial score (nSPS) is 18.2. The van der Waals surface area contributed by atoms with Gasteiger partial charge in [-0.3, -0.25) is 9.79 Å². The van der Waals surface area contributed by atoms with Crippen LogP contribution in [0.2, 0.25) is 0 Å². The average Bonchev–Trinajstić information content (AvgIpc) is 2.51. The van der Waals surface area contributed by atoms with E-state index in [4.69, 9.17) is 0 Å². The first-order valence-electron chi connectivity index (χ1n) is 5.40. The molecule has 102 valence electrons. The lowest BCUT2D eigenvalue weighted by Crippen LogP contribution is -2.35. The Bertz CT molecular complexity index is 576. The summed E-state index contributed by atoms with van der Waals surface area (Å²) in [5.74, 6) is -1.62. The second kappa shape index (κ2) is 4.04. The first kappa shape index (κ1) is 13.5. The van der Waals surface area contributed by atoms with Crippen LogP contribution in [0.4, 0.5) is 17.6 Å². The topological polar surface area (TPSA) is 41.5 Å². The van der Waals surface area contributed by atoms with Gasteiger partial charge in [0.05, 0.1) is 5.56 Å². The van der Waals surface area contributed by atoms with E-state index in [1.54, 1.807) is 0 Å². The molecule has 2 rings (SSSR count). The Kier molecular flexibility index (Phi) is 2.87. The second-order valence-electron chi connectivity index (χ2n) is 4.66. The molecule has 0 aliphatic carbocycles. The van der Waals surface area contributed by atoms with Gasteiger partial charge in [0.25, 0.3) is 5.91 Å². The molecule has 0 fully saturated rings. The largest absolute Gasteiger partial charge is 0.417 e. The Morgan fingerprint density at radius 2 is 1.89 bits per heavy atom. The molecular formula is C12H10F4N2O. The van der Waals surface area contributed by atoms with Gasteiger partial charge in [-0.1, -0.05) is 0 Å². The SMILES string of the molecule is CC1(C)N=C(c2cc(F)ccc2C(F)(F)F)NC1=O. The van der Waals surface area contributed by atoms with E-state index in [1.165, 1.54) is 13.8 Å². The highest BCUT2D eigenvalue weighted by Gasteiger charge is 2.39. The average molecular weight is 274 g/mol. The van der Waals surface area contributed by atoms with Gasteiger partial charge < -0.3 is 5.32 Å². The number of hydrogen-bond acceptors (Lipinski definition) is 2. The Morgan fingerprint density at radius 3 is 2.37 bits per heavy atom. The fraction of sp³-hybridized carbons (Fsp3) is 0.333. The summed E-state index contributed by atoms with van der Waals surface area (Å²) in [5, 5.41) is 2.24. The Morgan fingerprint density at radius 1 is 1.26 bits per heavy atom. The van der Waals surface area contributed by atoms with E-state index < -0.39 is 34.6 Å². The molecule has 1 heterocycles. The number of amides is 1. The third-order valence-electron chi connectivity index (χ3n) is 2.72. The van der Waals surface area contributed by atoms with Crippen molar-refractivity contribution >= 4 is 11.7 Å². The molecule has 1 amide bonds. The quantitative estimate of drug-likeness (QED) is 0.785. The number of aliphatic imine (C=N–C) groups is 1. The van der Waals surface area contributed by atoms with Gasteiger partial charge in [0.2, 0.25) is 0 Å². The molecular weight excluding hydrogens is 264 g/mol. The van der Waals surface area contributed by atoms with E-state index in [0.717, 1.165) is 6.07 Å². The molecule has 0 saturated carbocycles. The Hall–Kier alpha value is -1.92. The molecule has 1 aliphatic heterocycles. The fourth-order valence-electron chi connectivity index (χ4n) is 1.71. The van der Waals surface area contributed by atoms with Crippen LogP contribution in [0.5, 0.6) is 0 Å². The maximum atomic E-state index is 13.1. The van der Waals surface area contributed by atoms with Gasteiger partial charge in [-0.15, -0.1) is 0 Å². The lowest BCUT2D eigenvalue weighted by molar-refractivity contribution is -0.137. The standard InChI is InChI=1S/C12H10F4N2O/c1-11(2)10(19)17-9(18-11)7-5-6(13)3-4-8(7)12(14,15)16/h3-5H,1-2H3,(H,17,18,19). The van der Waals surface area contributed by atoms with E-state index in [1.807, 2.05) is 0 Å². The third-order valence-corrected chi connectivity index (χ3v) is 2.72. The van der Waals surface area contributed by atoms with Gasteiger partial charge in [-0.25, -0.2) is 4.39 Å². The highest BCUT2D eigenvalue weighted by molar-refractivity contribution is 6.15. The van der Waals surface area contributed by atoms with Crippen LogP contribution < -0.4 is 5.32 Å². The van der Waals surface area contributed by atoms with Gasteiger partial charge in [-0.05, 0) is 32.0 Å². The smallest absolute Gasteiger partial charge is 0.308 e. The number of nitrogens with zero attached hydrogens (tertiary/aromatic N) is 1. The maximum absolute atomic E-state index is 13.1. The van der Waals surface area contributed by atoms with Crippen LogP contribution in [0.3, 0.4) is 0 Å². The monoisotopic (exact) mass is 274 g/mol. The highest BCUT2D eigenvalue weighted by atomic mass is 19.4. The molecule has 1 aliphatic rings. The zero-order valence-electron chi connectivity index (χ0n) is 10.1. The van der Waals surface area contributed by atoms with Crippen LogP contribution in [0.15, 0.2) is 23.2 Å². The molecule has 1 aromatic rings. The summed E-state index contributed by atoms with van der Waals surface area (Å²) in [7, 11) is 0. The van der Waals surface area contributed by atoms with Gasteiger partial charge in [0.1, 0.15) is 17.2 Å². The summed E-state index contributed by atoms with van der Waals surface area (Å²) in [4.78, 5) is 15.4. The number of halogens is 4. The van der Waals surface area contributed by atoms with Gasteiger partial charge in [-0.2, -0.15) is 13.2 Å². The number of carbonyl (C=O) groups excluding carboxylic acids is 1. The van der Waals surface area contributed by atoms with Crippen molar-refractivity contribution in [2.75, 3.05) is 0 Å². The minimum atomic E-state index is -4.65. The Balaban J connectivity index is 2.58. The molecule has 0 bridgehead atoms. The predicted molar refractivity (Wildman–Crippen MR) is 60.2 cm³/mol. The molecule has 0 spiro atoms. The van der Waals surface area contributed by atoms with E-state index in [-0.39, 0.29) is 5.84 Å². The van der Waals surface area contributed by atoms with E-state index in [2.05, 4.69) is 10.3 Å². The van der Waals surface area contributed by atoms with Crippen molar-refractivity contribution in [1.29, 1.82) is 0 Å². The molecule has 1 N–H and O–H groups in total. The maximum Gasteiger partial charge on any atom is 0.417 e. The van der Waals surface area contributed by atoms with Crippen molar-refractivity contribution in [3.63, 3.8) is 0 Å². The number of amidine groups is 1. The number of rotatable bonds is 1. The first-order valence-corrected chi connectivity index (χ1v) is 5.40. The molecule has 3 nitrogen and oxygen atoms in total. The van der Waals surface area contributed by atoms with Crippen LogP contribution in [0.25, 0.3) is 0 Å². The summed E-state index contributed by atoms with van der Waals surface area (Å²) < 4.78 is 51.6. The predicted octanol–water partition coefficient (Wildman–Crippen LogP) is 2.50. The van der Waals surface area contributed by atoms with Crippen LogP contribution in [-0.2, 0) is 11.0 Å². The Labute approximate surface area is 106 Å². The van der Waals surface area contributed by atoms with Gasteiger partial charge >= 0.3 is 6.18 Å². The second-order valence-corrected chi connectivity index (χ2v) is 4.66. The van der Waals surface area contributed by atoms with Crippen molar-refractivity contribution in [2.24, 2.45) is 4.99 Å². The third kappa shape index (κ3) is 2.45. The van der Waals surface area contributed by atoms with Crippen LogP contribution in [-0.4, -0.2) is 17.3 Å². The summed E-state index contributed by atoms with van der Waals surface area (Å²) in [5.41, 5.74) is -2.66. The van der Waals surface area contributed by atoms with Crippen molar-refractivity contribution in [3.05, 3.63) is 35.1 Å². The van der Waals surface area contributed by atoms with E-state index >= 15 is 0 Å². The van der Waals surface area contributed by atoms with Crippen molar-refractivity contribution in [3.8, 4) is 0 Å². The zero-order chi connectivity index (χ0) is 14.4. The molecule has 0 unspecified atom stereocenters. The van der Waals surface area contributed by atoms with E-state index in [9.17, 15) is 22.4 Å². The van der Waals surface area contributed by atoms with Crippen LogP contribution >= 0.6 is 0 Å². The summed E-state index contributed by atoms with van der Waals surface area (Å²) >= 11 is 0. The fourth-order valence-corrected chi connectivity index (χ4v) is 1.71. The number of carbonyl (C=O) groups is 1. The van der Waals surface area contributed by atoms with Crippen molar-refractivity contribution < 1.29 is 22.4 Å². The lowest BCUT2D eigenvalue weighted by atomic mass is 10.1. The van der Waals surface area contributed by atoms with Crippen LogP contribution in [0, 0.1) is 5.82 Å². The van der Waals surface area contributed by atoms with E-state index in [0.29, 0.717) is 12.1 Å². The first-order chi connectivity index (χ1) is 8.61. The number of hydrogen-bond donors (Lipinski definition) is 1. The molecule has 0 aromatic heterocycles.